The average Bonchev–Trinajstić information content (AvgIpc) is 2.44. The first-order chi connectivity index (χ1) is 9.58. The quantitative estimate of drug-likeness (QED) is 0.657. The van der Waals surface area contributed by atoms with E-state index in [4.69, 9.17) is 12.2 Å². The van der Waals surface area contributed by atoms with Crippen LogP contribution in [0.5, 0.6) is 0 Å². The van der Waals surface area contributed by atoms with Crippen molar-refractivity contribution in [2.45, 2.75) is 19.9 Å². The summed E-state index contributed by atoms with van der Waals surface area (Å²) in [5.74, 6) is 0. The van der Waals surface area contributed by atoms with E-state index in [-0.39, 0.29) is 6.04 Å². The Morgan fingerprint density at radius 2 is 1.90 bits per heavy atom. The molecule has 0 saturated heterocycles. The molecular formula is C17H20N2S. The van der Waals surface area contributed by atoms with Crippen LogP contribution in [-0.2, 0) is 0 Å². The third-order valence-corrected chi connectivity index (χ3v) is 3.45. The minimum Gasteiger partial charge on any atom is -0.359 e. The number of nitrogens with one attached hydrogen (secondary N) is 2. The number of thiocarbonyl (C=S) groups is 1. The number of rotatable bonds is 4. The third kappa shape index (κ3) is 3.58. The molecule has 0 heterocycles. The molecule has 0 bridgehead atoms. The molecule has 0 fully saturated rings. The van der Waals surface area contributed by atoms with Crippen molar-refractivity contribution in [2.75, 3.05) is 6.54 Å². The van der Waals surface area contributed by atoms with E-state index in [0.717, 1.165) is 5.57 Å². The molecule has 2 nitrogen and oxygen atoms in total. The van der Waals surface area contributed by atoms with E-state index >= 15 is 0 Å². The van der Waals surface area contributed by atoms with Gasteiger partial charge in [0.2, 0.25) is 0 Å². The summed E-state index contributed by atoms with van der Waals surface area (Å²) in [6.45, 7) is 8.66. The maximum absolute atomic E-state index is 5.31. The van der Waals surface area contributed by atoms with E-state index in [9.17, 15) is 0 Å². The van der Waals surface area contributed by atoms with E-state index in [0.29, 0.717) is 11.7 Å². The number of hydrogen-bond acceptors (Lipinski definition) is 1. The first kappa shape index (κ1) is 14.5. The predicted molar refractivity (Wildman–Crippen MR) is 90.9 cm³/mol. The molecular weight excluding hydrogens is 264 g/mol. The summed E-state index contributed by atoms with van der Waals surface area (Å²) in [6, 6.07) is 14.9. The van der Waals surface area contributed by atoms with Crippen LogP contribution in [0.4, 0.5) is 0 Å². The van der Waals surface area contributed by atoms with Gasteiger partial charge in [0.05, 0.1) is 6.04 Å². The zero-order valence-corrected chi connectivity index (χ0v) is 12.8. The number of fused-ring (bicyclic) bond motifs is 1. The minimum atomic E-state index is 0.159. The van der Waals surface area contributed by atoms with Crippen LogP contribution in [0, 0.1) is 0 Å². The van der Waals surface area contributed by atoms with E-state index in [1.54, 1.807) is 0 Å². The van der Waals surface area contributed by atoms with Crippen LogP contribution in [0.2, 0.25) is 0 Å². The van der Waals surface area contributed by atoms with Crippen LogP contribution < -0.4 is 10.6 Å². The van der Waals surface area contributed by atoms with Gasteiger partial charge in [-0.1, -0.05) is 54.6 Å². The summed E-state index contributed by atoms with van der Waals surface area (Å²) < 4.78 is 0. The number of hydrogen-bond donors (Lipinski definition) is 2. The summed E-state index contributed by atoms with van der Waals surface area (Å²) in [5.41, 5.74) is 2.31. The Bertz CT molecular complexity index is 628. The van der Waals surface area contributed by atoms with Gasteiger partial charge in [-0.05, 0) is 42.4 Å². The van der Waals surface area contributed by atoms with Crippen LogP contribution >= 0.6 is 12.2 Å². The Hall–Kier alpha value is -1.87. The molecule has 0 radical (unpaired) electrons. The van der Waals surface area contributed by atoms with Crippen LogP contribution in [0.25, 0.3) is 10.8 Å². The minimum absolute atomic E-state index is 0.159. The van der Waals surface area contributed by atoms with Gasteiger partial charge in [0.1, 0.15) is 0 Å². The second kappa shape index (κ2) is 6.53. The lowest BCUT2D eigenvalue weighted by Crippen LogP contribution is -2.37. The van der Waals surface area contributed by atoms with Gasteiger partial charge in [0.15, 0.2) is 5.11 Å². The first-order valence-corrected chi connectivity index (χ1v) is 7.15. The van der Waals surface area contributed by atoms with Gasteiger partial charge in [-0.2, -0.15) is 0 Å². The molecule has 0 unspecified atom stereocenters. The van der Waals surface area contributed by atoms with Gasteiger partial charge in [-0.25, -0.2) is 0 Å². The largest absolute Gasteiger partial charge is 0.359 e. The highest BCUT2D eigenvalue weighted by atomic mass is 32.1. The van der Waals surface area contributed by atoms with Crippen molar-refractivity contribution in [3.05, 3.63) is 60.2 Å². The SMILES string of the molecule is C=C(C)CNC(=S)N[C@H](C)c1cccc2ccccc12. The zero-order valence-electron chi connectivity index (χ0n) is 11.9. The van der Waals surface area contributed by atoms with Crippen LogP contribution in [0.1, 0.15) is 25.5 Å². The van der Waals surface area contributed by atoms with Crippen molar-refractivity contribution < 1.29 is 0 Å². The fourth-order valence-electron chi connectivity index (χ4n) is 2.18. The summed E-state index contributed by atoms with van der Waals surface area (Å²) >= 11 is 5.31. The Kier molecular flexibility index (Phi) is 4.74. The lowest BCUT2D eigenvalue weighted by Gasteiger charge is -2.19. The summed E-state index contributed by atoms with van der Waals surface area (Å²) in [5, 5.41) is 9.65. The van der Waals surface area contributed by atoms with E-state index in [2.05, 4.69) is 66.6 Å². The highest BCUT2D eigenvalue weighted by Gasteiger charge is 2.09. The third-order valence-electron chi connectivity index (χ3n) is 3.19. The number of benzene rings is 2. The summed E-state index contributed by atoms with van der Waals surface area (Å²) in [4.78, 5) is 0. The Morgan fingerprint density at radius 3 is 2.65 bits per heavy atom. The summed E-state index contributed by atoms with van der Waals surface area (Å²) in [7, 11) is 0. The van der Waals surface area contributed by atoms with Gasteiger partial charge in [-0.3, -0.25) is 0 Å². The van der Waals surface area contributed by atoms with E-state index in [1.165, 1.54) is 16.3 Å². The predicted octanol–water partition coefficient (Wildman–Crippen LogP) is 3.94. The molecule has 2 aromatic rings. The molecule has 104 valence electrons. The van der Waals surface area contributed by atoms with Crippen molar-refractivity contribution >= 4 is 28.1 Å². The fourth-order valence-corrected chi connectivity index (χ4v) is 2.43. The van der Waals surface area contributed by atoms with Crippen LogP contribution in [0.3, 0.4) is 0 Å². The van der Waals surface area contributed by atoms with Gasteiger partial charge < -0.3 is 10.6 Å². The normalized spacial score (nSPS) is 11.9. The van der Waals surface area contributed by atoms with Crippen LogP contribution in [0.15, 0.2) is 54.6 Å². The lowest BCUT2D eigenvalue weighted by molar-refractivity contribution is 0.709. The van der Waals surface area contributed by atoms with Gasteiger partial charge in [0, 0.05) is 6.54 Å². The maximum atomic E-state index is 5.31. The molecule has 0 aromatic heterocycles. The average molecular weight is 284 g/mol. The summed E-state index contributed by atoms with van der Waals surface area (Å²) in [6.07, 6.45) is 0. The van der Waals surface area contributed by atoms with Crippen molar-refractivity contribution in [3.63, 3.8) is 0 Å². The van der Waals surface area contributed by atoms with Crippen molar-refractivity contribution in [1.29, 1.82) is 0 Å². The molecule has 20 heavy (non-hydrogen) atoms. The molecule has 2 N–H and O–H groups in total. The van der Waals surface area contributed by atoms with Gasteiger partial charge in [-0.15, -0.1) is 0 Å². The molecule has 0 saturated carbocycles. The second-order valence-electron chi connectivity index (χ2n) is 5.07. The molecule has 2 rings (SSSR count). The molecule has 0 aliphatic carbocycles. The van der Waals surface area contributed by atoms with Crippen molar-refractivity contribution in [1.82, 2.24) is 10.6 Å². The maximum Gasteiger partial charge on any atom is 0.167 e. The van der Waals surface area contributed by atoms with E-state index in [1.807, 2.05) is 6.92 Å². The Labute approximate surface area is 125 Å². The second-order valence-corrected chi connectivity index (χ2v) is 5.48. The smallest absolute Gasteiger partial charge is 0.167 e. The lowest BCUT2D eigenvalue weighted by atomic mass is 10.00. The Balaban J connectivity index is 2.13. The van der Waals surface area contributed by atoms with Crippen LogP contribution in [-0.4, -0.2) is 11.7 Å². The van der Waals surface area contributed by atoms with Crippen molar-refractivity contribution in [3.8, 4) is 0 Å². The standard InChI is InChI=1S/C17H20N2S/c1-12(2)11-18-17(20)19-13(3)15-10-6-8-14-7-4-5-9-16(14)15/h4-10,13H,1,11H2,2-3H3,(H2,18,19,20)/t13-/m1/s1. The van der Waals surface area contributed by atoms with E-state index < -0.39 is 0 Å². The van der Waals surface area contributed by atoms with Crippen molar-refractivity contribution in [2.24, 2.45) is 0 Å². The highest BCUT2D eigenvalue weighted by molar-refractivity contribution is 7.80. The molecule has 0 spiro atoms. The Morgan fingerprint density at radius 1 is 1.20 bits per heavy atom. The molecule has 0 amide bonds. The zero-order chi connectivity index (χ0) is 14.5. The first-order valence-electron chi connectivity index (χ1n) is 6.74. The molecule has 0 aliphatic heterocycles. The molecule has 0 aliphatic rings. The van der Waals surface area contributed by atoms with Gasteiger partial charge in [0.25, 0.3) is 0 Å². The molecule has 3 heteroatoms. The molecule has 1 atom stereocenters. The topological polar surface area (TPSA) is 24.1 Å². The monoisotopic (exact) mass is 284 g/mol. The van der Waals surface area contributed by atoms with Gasteiger partial charge >= 0.3 is 0 Å². The molecule has 2 aromatic carbocycles. The fraction of sp³-hybridized carbons (Fsp3) is 0.235. The highest BCUT2D eigenvalue weighted by Crippen LogP contribution is 2.23.